The van der Waals surface area contributed by atoms with Crippen molar-refractivity contribution in [3.63, 3.8) is 0 Å². The Morgan fingerprint density at radius 2 is 2.15 bits per heavy atom. The van der Waals surface area contributed by atoms with E-state index in [4.69, 9.17) is 15.9 Å². The third kappa shape index (κ3) is 2.57. The fourth-order valence-electron chi connectivity index (χ4n) is 0.907. The molecule has 72 valence electrons. The summed E-state index contributed by atoms with van der Waals surface area (Å²) in [6, 6.07) is 1.30. The number of nitrogen functional groups attached to an aromatic ring is 1. The number of pyridine rings is 1. The standard InChI is InChI=1S/C8H13N3O2/c9-7-3-10-2-1-8(7)11-6(4-12)5-13/h1-3,6,12-13H,4-5,9H2,(H,10,11). The van der Waals surface area contributed by atoms with Crippen molar-refractivity contribution in [3.05, 3.63) is 18.5 Å². The van der Waals surface area contributed by atoms with Gasteiger partial charge in [-0.3, -0.25) is 4.98 Å². The number of anilines is 2. The molecule has 1 aromatic heterocycles. The van der Waals surface area contributed by atoms with E-state index in [-0.39, 0.29) is 19.3 Å². The Balaban J connectivity index is 2.67. The summed E-state index contributed by atoms with van der Waals surface area (Å²) in [7, 11) is 0. The van der Waals surface area contributed by atoms with Crippen LogP contribution in [0.4, 0.5) is 11.4 Å². The van der Waals surface area contributed by atoms with E-state index in [1.165, 1.54) is 6.20 Å². The van der Waals surface area contributed by atoms with Crippen LogP contribution < -0.4 is 11.1 Å². The lowest BCUT2D eigenvalue weighted by Gasteiger charge is -2.15. The van der Waals surface area contributed by atoms with E-state index in [9.17, 15) is 0 Å². The van der Waals surface area contributed by atoms with E-state index in [1.807, 2.05) is 0 Å². The highest BCUT2D eigenvalue weighted by Crippen LogP contribution is 2.15. The topological polar surface area (TPSA) is 91.4 Å². The van der Waals surface area contributed by atoms with Crippen molar-refractivity contribution >= 4 is 11.4 Å². The predicted molar refractivity (Wildman–Crippen MR) is 50.2 cm³/mol. The van der Waals surface area contributed by atoms with Crippen LogP contribution in [-0.4, -0.2) is 34.5 Å². The fourth-order valence-corrected chi connectivity index (χ4v) is 0.907. The minimum absolute atomic E-state index is 0.141. The van der Waals surface area contributed by atoms with E-state index in [1.54, 1.807) is 12.3 Å². The van der Waals surface area contributed by atoms with Crippen LogP contribution in [0.25, 0.3) is 0 Å². The fraction of sp³-hybridized carbons (Fsp3) is 0.375. The Morgan fingerprint density at radius 3 is 2.69 bits per heavy atom. The number of hydrogen-bond acceptors (Lipinski definition) is 5. The molecule has 0 aliphatic rings. The second kappa shape index (κ2) is 4.64. The summed E-state index contributed by atoms with van der Waals surface area (Å²) >= 11 is 0. The predicted octanol–water partition coefficient (Wildman–Crippen LogP) is -0.571. The Labute approximate surface area is 76.2 Å². The zero-order valence-electron chi connectivity index (χ0n) is 7.14. The van der Waals surface area contributed by atoms with Crippen molar-refractivity contribution in [2.45, 2.75) is 6.04 Å². The molecular formula is C8H13N3O2. The van der Waals surface area contributed by atoms with Crippen LogP contribution in [0.15, 0.2) is 18.5 Å². The zero-order valence-corrected chi connectivity index (χ0v) is 7.14. The SMILES string of the molecule is Nc1cnccc1NC(CO)CO. The summed E-state index contributed by atoms with van der Waals surface area (Å²) < 4.78 is 0. The molecule has 5 N–H and O–H groups in total. The Bertz CT molecular complexity index is 263. The number of nitrogens with one attached hydrogen (secondary N) is 1. The maximum absolute atomic E-state index is 8.80. The first-order valence-corrected chi connectivity index (χ1v) is 3.95. The highest BCUT2D eigenvalue weighted by molar-refractivity contribution is 5.64. The van der Waals surface area contributed by atoms with Crippen LogP contribution in [0.5, 0.6) is 0 Å². The highest BCUT2D eigenvalue weighted by atomic mass is 16.3. The number of hydrogen-bond donors (Lipinski definition) is 4. The Hall–Kier alpha value is -1.33. The van der Waals surface area contributed by atoms with E-state index in [0.717, 1.165) is 0 Å². The van der Waals surface area contributed by atoms with Crippen molar-refractivity contribution in [1.29, 1.82) is 0 Å². The molecule has 0 aromatic carbocycles. The molecule has 0 atom stereocenters. The molecule has 0 saturated carbocycles. The van der Waals surface area contributed by atoms with Crippen LogP contribution in [0, 0.1) is 0 Å². The van der Waals surface area contributed by atoms with E-state index >= 15 is 0 Å². The van der Waals surface area contributed by atoms with E-state index in [0.29, 0.717) is 11.4 Å². The van der Waals surface area contributed by atoms with Gasteiger partial charge in [0.1, 0.15) is 0 Å². The van der Waals surface area contributed by atoms with Crippen molar-refractivity contribution in [2.75, 3.05) is 24.3 Å². The van der Waals surface area contributed by atoms with Crippen LogP contribution in [0.2, 0.25) is 0 Å². The molecule has 0 aliphatic carbocycles. The molecule has 0 spiro atoms. The molecule has 13 heavy (non-hydrogen) atoms. The molecule has 1 heterocycles. The first-order chi connectivity index (χ1) is 6.27. The van der Waals surface area contributed by atoms with Gasteiger partial charge in [-0.2, -0.15) is 0 Å². The number of nitrogens with two attached hydrogens (primary N) is 1. The number of aliphatic hydroxyl groups is 2. The Kier molecular flexibility index (Phi) is 3.48. The molecule has 0 fully saturated rings. The van der Waals surface area contributed by atoms with Gasteiger partial charge in [-0.1, -0.05) is 0 Å². The second-order valence-corrected chi connectivity index (χ2v) is 2.67. The number of nitrogens with zero attached hydrogens (tertiary/aromatic N) is 1. The van der Waals surface area contributed by atoms with Crippen LogP contribution in [0.3, 0.4) is 0 Å². The largest absolute Gasteiger partial charge is 0.396 e. The Morgan fingerprint density at radius 1 is 1.46 bits per heavy atom. The van der Waals surface area contributed by atoms with E-state index < -0.39 is 0 Å². The third-order valence-electron chi connectivity index (χ3n) is 1.65. The molecule has 5 heteroatoms. The van der Waals surface area contributed by atoms with Gasteiger partial charge >= 0.3 is 0 Å². The summed E-state index contributed by atoms with van der Waals surface area (Å²) in [6.45, 7) is -0.281. The molecule has 0 saturated heterocycles. The molecule has 0 amide bonds. The van der Waals surface area contributed by atoms with Gasteiger partial charge in [0.05, 0.1) is 36.8 Å². The average Bonchev–Trinajstić information content (AvgIpc) is 2.17. The lowest BCUT2D eigenvalue weighted by Crippen LogP contribution is -2.28. The van der Waals surface area contributed by atoms with Gasteiger partial charge in [0.15, 0.2) is 0 Å². The molecule has 1 rings (SSSR count). The first kappa shape index (κ1) is 9.76. The van der Waals surface area contributed by atoms with Gasteiger partial charge in [0.25, 0.3) is 0 Å². The maximum Gasteiger partial charge on any atom is 0.0736 e. The minimum Gasteiger partial charge on any atom is -0.396 e. The van der Waals surface area contributed by atoms with Crippen LogP contribution >= 0.6 is 0 Å². The molecule has 0 unspecified atom stereocenters. The molecule has 0 bridgehead atoms. The maximum atomic E-state index is 8.80. The summed E-state index contributed by atoms with van der Waals surface area (Å²) in [5.41, 5.74) is 6.75. The van der Waals surface area contributed by atoms with Crippen molar-refractivity contribution in [1.82, 2.24) is 4.98 Å². The average molecular weight is 183 g/mol. The molecule has 0 radical (unpaired) electrons. The number of aromatic nitrogens is 1. The summed E-state index contributed by atoms with van der Waals surface area (Å²) in [4.78, 5) is 3.81. The molecule has 5 nitrogen and oxygen atoms in total. The van der Waals surface area contributed by atoms with E-state index in [2.05, 4.69) is 10.3 Å². The normalized spacial score (nSPS) is 10.4. The van der Waals surface area contributed by atoms with Crippen molar-refractivity contribution < 1.29 is 10.2 Å². The van der Waals surface area contributed by atoms with Gasteiger partial charge in [-0.05, 0) is 6.07 Å². The molecule has 0 aliphatic heterocycles. The summed E-state index contributed by atoms with van der Waals surface area (Å²) in [5.74, 6) is 0. The van der Waals surface area contributed by atoms with Crippen molar-refractivity contribution in [2.24, 2.45) is 0 Å². The van der Waals surface area contributed by atoms with Crippen molar-refractivity contribution in [3.8, 4) is 0 Å². The van der Waals surface area contributed by atoms with Gasteiger partial charge in [0, 0.05) is 6.20 Å². The lowest BCUT2D eigenvalue weighted by atomic mass is 10.3. The summed E-state index contributed by atoms with van der Waals surface area (Å²) in [6.07, 6.45) is 3.10. The van der Waals surface area contributed by atoms with Gasteiger partial charge in [-0.15, -0.1) is 0 Å². The van der Waals surface area contributed by atoms with Gasteiger partial charge in [-0.25, -0.2) is 0 Å². The highest BCUT2D eigenvalue weighted by Gasteiger charge is 2.06. The van der Waals surface area contributed by atoms with Gasteiger partial charge in [0.2, 0.25) is 0 Å². The second-order valence-electron chi connectivity index (χ2n) is 2.67. The number of aliphatic hydroxyl groups excluding tert-OH is 2. The molecule has 1 aromatic rings. The number of rotatable bonds is 4. The quantitative estimate of drug-likeness (QED) is 0.501. The monoisotopic (exact) mass is 183 g/mol. The van der Waals surface area contributed by atoms with Crippen LogP contribution in [0.1, 0.15) is 0 Å². The van der Waals surface area contributed by atoms with Gasteiger partial charge < -0.3 is 21.3 Å². The van der Waals surface area contributed by atoms with Crippen LogP contribution in [-0.2, 0) is 0 Å². The lowest BCUT2D eigenvalue weighted by molar-refractivity contribution is 0.204. The first-order valence-electron chi connectivity index (χ1n) is 3.95. The minimum atomic E-state index is -0.385. The zero-order chi connectivity index (χ0) is 9.68. The smallest absolute Gasteiger partial charge is 0.0736 e. The molecular weight excluding hydrogens is 170 g/mol. The summed E-state index contributed by atoms with van der Waals surface area (Å²) in [5, 5.41) is 20.5. The third-order valence-corrected chi connectivity index (χ3v) is 1.65.